The summed E-state index contributed by atoms with van der Waals surface area (Å²) in [7, 11) is 3.15. The maximum absolute atomic E-state index is 12.7. The Balaban J connectivity index is 0.000000182. The first kappa shape index (κ1) is 38.7. The summed E-state index contributed by atoms with van der Waals surface area (Å²) in [5, 5.41) is 31.4. The fraction of sp³-hybridized carbons (Fsp3) is 0.351. The minimum atomic E-state index is -1.43. The van der Waals surface area contributed by atoms with Crippen molar-refractivity contribution >= 4 is 57.1 Å². The number of fused-ring (bicyclic) bond motifs is 4. The third kappa shape index (κ3) is 5.98. The van der Waals surface area contributed by atoms with Gasteiger partial charge in [0.15, 0.2) is 11.2 Å². The number of β-lactam (4-membered cyclic amide) rings is 2. The van der Waals surface area contributed by atoms with E-state index in [9.17, 15) is 44.1 Å². The molecule has 6 atom stereocenters. The number of carboxylic acid groups (broad SMARTS) is 1. The van der Waals surface area contributed by atoms with Crippen LogP contribution in [0, 0.1) is 11.8 Å². The Bertz CT molecular complexity index is 2450. The topological polar surface area (TPSA) is 218 Å². The smallest absolute Gasteiger partial charge is 0.543 e. The number of carbonyl (C=O) groups is 4. The van der Waals surface area contributed by atoms with Crippen LogP contribution in [0.2, 0.25) is 0 Å². The van der Waals surface area contributed by atoms with Crippen LogP contribution in [-0.2, 0) is 38.0 Å². The van der Waals surface area contributed by atoms with E-state index in [-0.39, 0.29) is 65.5 Å². The Hall–Kier alpha value is -5.00. The van der Waals surface area contributed by atoms with Gasteiger partial charge in [-0.1, -0.05) is 24.8 Å². The van der Waals surface area contributed by atoms with Crippen molar-refractivity contribution in [1.29, 1.82) is 0 Å². The number of benzene rings is 2. The Morgan fingerprint density at radius 1 is 0.833 bits per heavy atom. The van der Waals surface area contributed by atoms with Crippen molar-refractivity contribution in [3.8, 4) is 0 Å². The summed E-state index contributed by atoms with van der Waals surface area (Å²) in [6, 6.07) is 9.38. The molecule has 54 heavy (non-hydrogen) atoms. The minimum absolute atomic E-state index is 0. The second-order valence-corrected chi connectivity index (χ2v) is 13.5. The van der Waals surface area contributed by atoms with Gasteiger partial charge in [0.25, 0.3) is 0 Å². The minimum Gasteiger partial charge on any atom is -0.543 e. The van der Waals surface area contributed by atoms with Crippen molar-refractivity contribution in [3.05, 3.63) is 92.7 Å². The van der Waals surface area contributed by atoms with Crippen molar-refractivity contribution in [2.45, 2.75) is 51.0 Å². The number of aliphatic hydroxyl groups excluding tert-OH is 2. The fourth-order valence-corrected chi connectivity index (χ4v) is 7.86. The van der Waals surface area contributed by atoms with Gasteiger partial charge in [-0.05, 0) is 73.2 Å². The van der Waals surface area contributed by atoms with Crippen LogP contribution < -0.4 is 46.2 Å². The van der Waals surface area contributed by atoms with Crippen LogP contribution >= 0.6 is 0 Å². The summed E-state index contributed by atoms with van der Waals surface area (Å²) < 4.78 is 18.1. The molecular weight excluding hydrogens is 715 g/mol. The third-order valence-electron chi connectivity index (χ3n) is 10.5. The predicted octanol–water partition coefficient (Wildman–Crippen LogP) is -2.61. The van der Waals surface area contributed by atoms with Gasteiger partial charge >= 0.3 is 47.0 Å². The molecule has 2 aromatic heterocycles. The molecule has 0 aliphatic carbocycles. The molecule has 2 amide bonds. The summed E-state index contributed by atoms with van der Waals surface area (Å²) in [4.78, 5) is 75.1. The van der Waals surface area contributed by atoms with Crippen molar-refractivity contribution in [3.63, 3.8) is 0 Å². The number of carboxylic acids is 1. The monoisotopic (exact) mass is 750 g/mol. The molecule has 2 N–H and O–H groups in total. The summed E-state index contributed by atoms with van der Waals surface area (Å²) in [5.41, 5.74) is 4.33. The van der Waals surface area contributed by atoms with Crippen LogP contribution in [-0.4, -0.2) is 83.8 Å². The first-order chi connectivity index (χ1) is 25.2. The van der Waals surface area contributed by atoms with Crippen LogP contribution in [0.25, 0.3) is 33.3 Å². The van der Waals surface area contributed by atoms with Gasteiger partial charge in [0.2, 0.25) is 11.8 Å². The molecule has 4 aliphatic rings. The Morgan fingerprint density at radius 2 is 1.26 bits per heavy atom. The summed E-state index contributed by atoms with van der Waals surface area (Å²) in [6.07, 6.45) is 0.511. The van der Waals surface area contributed by atoms with E-state index in [2.05, 4.69) is 6.58 Å². The molecule has 2 aromatic carbocycles. The number of hydrogen-bond donors (Lipinski definition) is 2. The first-order valence-electron chi connectivity index (χ1n) is 16.8. The van der Waals surface area contributed by atoms with Crippen LogP contribution in [0.1, 0.15) is 37.8 Å². The molecular formula is C37H35N4NaO12. The molecule has 17 heteroatoms. The third-order valence-corrected chi connectivity index (χ3v) is 10.5. The molecule has 16 nitrogen and oxygen atoms in total. The van der Waals surface area contributed by atoms with E-state index >= 15 is 0 Å². The largest absolute Gasteiger partial charge is 1.00 e. The first-order valence-corrected chi connectivity index (χ1v) is 16.8. The number of ether oxygens (including phenoxy) is 1. The molecule has 0 spiro atoms. The van der Waals surface area contributed by atoms with E-state index in [1.165, 1.54) is 31.9 Å². The van der Waals surface area contributed by atoms with Gasteiger partial charge in [-0.25, -0.2) is 14.4 Å². The van der Waals surface area contributed by atoms with Gasteiger partial charge in [0.05, 0.1) is 58.8 Å². The van der Waals surface area contributed by atoms with Gasteiger partial charge in [0.1, 0.15) is 12.3 Å². The van der Waals surface area contributed by atoms with Crippen molar-refractivity contribution < 1.29 is 77.6 Å². The Morgan fingerprint density at radius 3 is 1.67 bits per heavy atom. The molecule has 276 valence electrons. The molecule has 2 fully saturated rings. The zero-order valence-electron chi connectivity index (χ0n) is 30.1. The van der Waals surface area contributed by atoms with Gasteiger partial charge < -0.3 is 43.5 Å². The van der Waals surface area contributed by atoms with Gasteiger partial charge in [-0.3, -0.25) is 18.7 Å². The zero-order chi connectivity index (χ0) is 38.2. The summed E-state index contributed by atoms with van der Waals surface area (Å²) in [6.45, 7) is 6.64. The maximum atomic E-state index is 12.7. The number of aliphatic carboxylic acids is 1. The van der Waals surface area contributed by atoms with E-state index in [4.69, 9.17) is 13.6 Å². The zero-order valence-corrected chi connectivity index (χ0v) is 32.1. The molecule has 6 heterocycles. The number of aliphatic hydroxyl groups is 2. The Kier molecular flexibility index (Phi) is 10.3. The van der Waals surface area contributed by atoms with Crippen LogP contribution in [0.4, 0.5) is 0 Å². The summed E-state index contributed by atoms with van der Waals surface area (Å²) >= 11 is 0. The number of oxazole rings is 2. The number of carbonyl (C=O) groups excluding carboxylic acids is 4. The number of aryl methyl sites for hydroxylation is 2. The van der Waals surface area contributed by atoms with Crippen LogP contribution in [0.15, 0.2) is 78.9 Å². The quantitative estimate of drug-likeness (QED) is 0.0820. The molecule has 0 radical (unpaired) electrons. The second kappa shape index (κ2) is 14.3. The molecule has 8 rings (SSSR count). The second-order valence-electron chi connectivity index (χ2n) is 13.5. The number of nitrogens with zero attached hydrogens (tertiary/aromatic N) is 4. The Labute approximate surface area is 328 Å². The average molecular weight is 751 g/mol. The molecule has 4 aromatic rings. The van der Waals surface area contributed by atoms with Crippen LogP contribution in [0.5, 0.6) is 0 Å². The molecule has 4 aliphatic heterocycles. The predicted molar refractivity (Wildman–Crippen MR) is 184 cm³/mol. The fourth-order valence-electron chi connectivity index (χ4n) is 7.86. The van der Waals surface area contributed by atoms with E-state index in [1.807, 2.05) is 0 Å². The number of aromatic nitrogens is 2. The van der Waals surface area contributed by atoms with E-state index in [1.54, 1.807) is 57.4 Å². The van der Waals surface area contributed by atoms with Crippen LogP contribution in [0.3, 0.4) is 0 Å². The van der Waals surface area contributed by atoms with E-state index in [0.717, 1.165) is 0 Å². The molecule has 0 unspecified atom stereocenters. The van der Waals surface area contributed by atoms with Crippen molar-refractivity contribution in [2.75, 3.05) is 6.61 Å². The number of hydrogen-bond acceptors (Lipinski definition) is 12. The summed E-state index contributed by atoms with van der Waals surface area (Å²) in [5.74, 6) is -4.92. The molecule has 0 saturated carbocycles. The standard InChI is InChI=1S/C20H20N2O6.C17H16N2O6.Na/c1-4-7-27-19(25)17-12(9-14-16(10(2)23)18(24)22(14)17)11-5-6-15-13(8-11)21(3)20(26)28-15;1-7(20)13-11-6-9(14(16(22)23)19(11)15(13)21)8-3-4-12-10(5-8)18(2)17(24)25-12;/h4-6,8,10,14,16,23H,1,7,9H2,2-3H3;3-5,7,11,13,20H,6H2,1-2H3,(H,22,23);/q;;+1/p-1/t10-,14-,16-;7-,11-,13-;/m11./s1. The van der Waals surface area contributed by atoms with E-state index < -0.39 is 53.4 Å². The number of esters is 1. The normalized spacial score (nSPS) is 22.6. The number of amides is 2. The average Bonchev–Trinajstić information content (AvgIpc) is 3.81. The maximum Gasteiger partial charge on any atom is 1.00 e. The number of rotatable bonds is 8. The SMILES string of the molecule is C=CCOC(=O)C1=C(c2ccc3oc(=O)n(C)c3c2)C[C@@H]2[C@@H]([C@@H](C)O)C(=O)N12.C[C@@H](O)[C@H]1C(=O)N2C(C(=O)[O-])=C(c3ccc4oc(=O)n(C)c4c3)C[C@H]12.[Na+]. The van der Waals surface area contributed by atoms with E-state index in [0.29, 0.717) is 57.3 Å². The van der Waals surface area contributed by atoms with Crippen molar-refractivity contribution in [2.24, 2.45) is 25.9 Å². The van der Waals surface area contributed by atoms with Gasteiger partial charge in [-0.2, -0.15) is 0 Å². The van der Waals surface area contributed by atoms with Gasteiger partial charge in [-0.15, -0.1) is 0 Å². The van der Waals surface area contributed by atoms with Gasteiger partial charge in [0, 0.05) is 14.1 Å². The molecule has 2 saturated heterocycles. The molecule has 0 bridgehead atoms. The van der Waals surface area contributed by atoms with Crippen molar-refractivity contribution in [1.82, 2.24) is 18.9 Å².